The maximum atomic E-state index is 11.1. The maximum Gasteiger partial charge on any atom is 0.323 e. The zero-order valence-corrected chi connectivity index (χ0v) is 8.28. The molecule has 0 N–H and O–H groups in total. The van der Waals surface area contributed by atoms with Crippen molar-refractivity contribution < 1.29 is 19.1 Å². The fourth-order valence-electron chi connectivity index (χ4n) is 0.811. The van der Waals surface area contributed by atoms with Gasteiger partial charge in [0.25, 0.3) is 0 Å². The molecule has 0 unspecified atom stereocenters. The average molecular weight is 199 g/mol. The SMILES string of the molecule is CCOC(=O)C[C@H](C#N)C(=O)OCC. The number of hydrogen-bond acceptors (Lipinski definition) is 5. The van der Waals surface area contributed by atoms with Gasteiger partial charge in [-0.05, 0) is 13.8 Å². The summed E-state index contributed by atoms with van der Waals surface area (Å²) in [5.41, 5.74) is 0. The lowest BCUT2D eigenvalue weighted by Gasteiger charge is -2.07. The van der Waals surface area contributed by atoms with Crippen LogP contribution in [0.4, 0.5) is 0 Å². The fraction of sp³-hybridized carbons (Fsp3) is 0.667. The average Bonchev–Trinajstić information content (AvgIpc) is 2.15. The van der Waals surface area contributed by atoms with Crippen LogP contribution in [0.25, 0.3) is 0 Å². The van der Waals surface area contributed by atoms with E-state index in [0.29, 0.717) is 0 Å². The lowest BCUT2D eigenvalue weighted by Crippen LogP contribution is -2.20. The summed E-state index contributed by atoms with van der Waals surface area (Å²) in [6.07, 6.45) is -0.247. The van der Waals surface area contributed by atoms with E-state index in [1.807, 2.05) is 0 Å². The van der Waals surface area contributed by atoms with Crippen molar-refractivity contribution in [3.63, 3.8) is 0 Å². The highest BCUT2D eigenvalue weighted by Gasteiger charge is 2.23. The predicted octanol–water partition coefficient (Wildman–Crippen LogP) is 0.642. The van der Waals surface area contributed by atoms with E-state index in [4.69, 9.17) is 5.26 Å². The summed E-state index contributed by atoms with van der Waals surface area (Å²) < 4.78 is 9.21. The highest BCUT2D eigenvalue weighted by Crippen LogP contribution is 2.05. The standard InChI is InChI=1S/C9H13NO4/c1-3-13-8(11)5-7(6-10)9(12)14-4-2/h7H,3-5H2,1-2H3/t7-/m1/s1. The molecule has 0 heterocycles. The second-order valence-electron chi connectivity index (χ2n) is 2.44. The van der Waals surface area contributed by atoms with Gasteiger partial charge in [0.15, 0.2) is 5.92 Å². The van der Waals surface area contributed by atoms with E-state index in [2.05, 4.69) is 9.47 Å². The van der Waals surface area contributed by atoms with E-state index >= 15 is 0 Å². The molecule has 0 spiro atoms. The number of carbonyl (C=O) groups excluding carboxylic acids is 2. The molecule has 0 aromatic carbocycles. The van der Waals surface area contributed by atoms with Gasteiger partial charge in [-0.2, -0.15) is 5.26 Å². The van der Waals surface area contributed by atoms with Crippen molar-refractivity contribution in [1.82, 2.24) is 0 Å². The Hall–Kier alpha value is -1.57. The molecule has 0 rings (SSSR count). The summed E-state index contributed by atoms with van der Waals surface area (Å²) in [7, 11) is 0. The topological polar surface area (TPSA) is 76.4 Å². The van der Waals surface area contributed by atoms with Crippen LogP contribution in [-0.4, -0.2) is 25.2 Å². The van der Waals surface area contributed by atoms with Crippen molar-refractivity contribution in [2.45, 2.75) is 20.3 Å². The van der Waals surface area contributed by atoms with Gasteiger partial charge in [0.05, 0.1) is 25.7 Å². The van der Waals surface area contributed by atoms with Gasteiger partial charge in [0, 0.05) is 0 Å². The molecular formula is C9H13NO4. The quantitative estimate of drug-likeness (QED) is 0.607. The molecule has 0 aliphatic rings. The first-order chi connectivity index (χ1) is 6.65. The normalized spacial score (nSPS) is 11.2. The van der Waals surface area contributed by atoms with E-state index in [1.165, 1.54) is 0 Å². The summed E-state index contributed by atoms with van der Waals surface area (Å²) in [4.78, 5) is 22.0. The molecule has 0 aromatic heterocycles. The van der Waals surface area contributed by atoms with Gasteiger partial charge >= 0.3 is 11.9 Å². The lowest BCUT2D eigenvalue weighted by atomic mass is 10.1. The van der Waals surface area contributed by atoms with Crippen LogP contribution in [0.5, 0.6) is 0 Å². The minimum atomic E-state index is -1.06. The summed E-state index contributed by atoms with van der Waals surface area (Å²) in [5, 5.41) is 8.58. The number of rotatable bonds is 5. The Morgan fingerprint density at radius 1 is 1.29 bits per heavy atom. The smallest absolute Gasteiger partial charge is 0.323 e. The molecule has 14 heavy (non-hydrogen) atoms. The van der Waals surface area contributed by atoms with E-state index in [-0.39, 0.29) is 19.6 Å². The maximum absolute atomic E-state index is 11.1. The number of carbonyl (C=O) groups is 2. The van der Waals surface area contributed by atoms with E-state index in [0.717, 1.165) is 0 Å². The van der Waals surface area contributed by atoms with Crippen molar-refractivity contribution >= 4 is 11.9 Å². The van der Waals surface area contributed by atoms with Crippen LogP contribution >= 0.6 is 0 Å². The third-order valence-electron chi connectivity index (χ3n) is 1.40. The van der Waals surface area contributed by atoms with Crippen molar-refractivity contribution in [2.24, 2.45) is 5.92 Å². The third kappa shape index (κ3) is 4.45. The molecule has 0 aliphatic carbocycles. The van der Waals surface area contributed by atoms with Gasteiger partial charge < -0.3 is 9.47 Å². The predicted molar refractivity (Wildman–Crippen MR) is 47.0 cm³/mol. The van der Waals surface area contributed by atoms with E-state index in [1.54, 1.807) is 19.9 Å². The van der Waals surface area contributed by atoms with E-state index in [9.17, 15) is 9.59 Å². The summed E-state index contributed by atoms with van der Waals surface area (Å²) in [5.74, 6) is -2.30. The molecule has 0 saturated carbocycles. The number of ether oxygens (including phenoxy) is 2. The Bertz CT molecular complexity index is 244. The van der Waals surface area contributed by atoms with Gasteiger partial charge in [0.1, 0.15) is 0 Å². The zero-order chi connectivity index (χ0) is 11.0. The molecule has 1 atom stereocenters. The molecule has 0 bridgehead atoms. The van der Waals surface area contributed by atoms with Crippen molar-refractivity contribution in [1.29, 1.82) is 5.26 Å². The van der Waals surface area contributed by atoms with E-state index < -0.39 is 17.9 Å². The van der Waals surface area contributed by atoms with Crippen LogP contribution < -0.4 is 0 Å². The zero-order valence-electron chi connectivity index (χ0n) is 8.28. The molecule has 0 saturated heterocycles. The highest BCUT2D eigenvalue weighted by atomic mass is 16.5. The first kappa shape index (κ1) is 12.4. The Morgan fingerprint density at radius 2 is 1.86 bits per heavy atom. The van der Waals surface area contributed by atoms with Gasteiger partial charge in [-0.3, -0.25) is 9.59 Å². The fourth-order valence-corrected chi connectivity index (χ4v) is 0.811. The van der Waals surface area contributed by atoms with Crippen molar-refractivity contribution in [3.8, 4) is 6.07 Å². The van der Waals surface area contributed by atoms with Gasteiger partial charge in [-0.1, -0.05) is 0 Å². The van der Waals surface area contributed by atoms with Crippen LogP contribution in [0.15, 0.2) is 0 Å². The minimum absolute atomic E-state index is 0.194. The lowest BCUT2D eigenvalue weighted by molar-refractivity contribution is -0.152. The Labute approximate surface area is 82.6 Å². The summed E-state index contributed by atoms with van der Waals surface area (Å²) in [6.45, 7) is 3.72. The van der Waals surface area contributed by atoms with Crippen LogP contribution in [0.2, 0.25) is 0 Å². The largest absolute Gasteiger partial charge is 0.466 e. The van der Waals surface area contributed by atoms with Crippen LogP contribution in [0.3, 0.4) is 0 Å². The van der Waals surface area contributed by atoms with Gasteiger partial charge in [-0.15, -0.1) is 0 Å². The first-order valence-electron chi connectivity index (χ1n) is 4.37. The Morgan fingerprint density at radius 3 is 2.29 bits per heavy atom. The van der Waals surface area contributed by atoms with Crippen LogP contribution in [-0.2, 0) is 19.1 Å². The molecular weight excluding hydrogens is 186 g/mol. The summed E-state index contributed by atoms with van der Waals surface area (Å²) in [6, 6.07) is 1.70. The Balaban J connectivity index is 4.10. The first-order valence-corrected chi connectivity index (χ1v) is 4.37. The molecule has 5 heteroatoms. The molecule has 78 valence electrons. The highest BCUT2D eigenvalue weighted by molar-refractivity contribution is 5.82. The van der Waals surface area contributed by atoms with Crippen LogP contribution in [0.1, 0.15) is 20.3 Å². The van der Waals surface area contributed by atoms with Crippen LogP contribution in [0, 0.1) is 17.2 Å². The molecule has 0 aliphatic heterocycles. The molecule has 5 nitrogen and oxygen atoms in total. The summed E-state index contributed by atoms with van der Waals surface area (Å²) >= 11 is 0. The second kappa shape index (κ2) is 6.89. The van der Waals surface area contributed by atoms with Gasteiger partial charge in [-0.25, -0.2) is 0 Å². The third-order valence-corrected chi connectivity index (χ3v) is 1.40. The number of nitriles is 1. The van der Waals surface area contributed by atoms with Crippen molar-refractivity contribution in [2.75, 3.05) is 13.2 Å². The molecule has 0 radical (unpaired) electrons. The number of nitrogens with zero attached hydrogens (tertiary/aromatic N) is 1. The Kier molecular flexibility index (Phi) is 6.12. The second-order valence-corrected chi connectivity index (χ2v) is 2.44. The number of hydrogen-bond donors (Lipinski definition) is 0. The number of esters is 2. The molecule has 0 aromatic rings. The molecule has 0 fully saturated rings. The monoisotopic (exact) mass is 199 g/mol. The van der Waals surface area contributed by atoms with Crippen molar-refractivity contribution in [3.05, 3.63) is 0 Å². The molecule has 0 amide bonds. The minimum Gasteiger partial charge on any atom is -0.466 e. The van der Waals surface area contributed by atoms with Gasteiger partial charge in [0.2, 0.25) is 0 Å².